The van der Waals surface area contributed by atoms with Crippen molar-refractivity contribution >= 4 is 17.5 Å². The molecule has 1 fully saturated rings. The first-order valence-electron chi connectivity index (χ1n) is 5.21. The van der Waals surface area contributed by atoms with E-state index in [4.69, 9.17) is 21.1 Å². The average Bonchev–Trinajstić information content (AvgIpc) is 3.04. The first kappa shape index (κ1) is 12.7. The third-order valence-corrected chi connectivity index (χ3v) is 2.80. The van der Waals surface area contributed by atoms with Gasteiger partial charge in [0.05, 0.1) is 18.6 Å². The van der Waals surface area contributed by atoms with Crippen LogP contribution in [-0.4, -0.2) is 44.8 Å². The van der Waals surface area contributed by atoms with Crippen molar-refractivity contribution in [1.29, 1.82) is 0 Å². The van der Waals surface area contributed by atoms with Crippen LogP contribution in [0.4, 0.5) is 0 Å². The molecule has 0 radical (unpaired) electrons. The minimum Gasteiger partial charge on any atom is -0.382 e. The summed E-state index contributed by atoms with van der Waals surface area (Å²) in [5.74, 6) is 0.485. The van der Waals surface area contributed by atoms with E-state index in [0.717, 1.165) is 0 Å². The molecule has 1 atom stereocenters. The van der Waals surface area contributed by atoms with Gasteiger partial charge in [-0.1, -0.05) is 0 Å². The Morgan fingerprint density at radius 3 is 2.87 bits per heavy atom. The summed E-state index contributed by atoms with van der Waals surface area (Å²) in [4.78, 5) is 11.2. The summed E-state index contributed by atoms with van der Waals surface area (Å²) in [6.45, 7) is 1.57. The largest absolute Gasteiger partial charge is 0.382 e. The second kappa shape index (κ2) is 7.04. The van der Waals surface area contributed by atoms with Crippen LogP contribution in [-0.2, 0) is 14.3 Å². The van der Waals surface area contributed by atoms with Gasteiger partial charge in [0, 0.05) is 13.7 Å². The van der Waals surface area contributed by atoms with Gasteiger partial charge < -0.3 is 14.8 Å². The number of rotatable bonds is 8. The lowest BCUT2D eigenvalue weighted by molar-refractivity contribution is -0.126. The Balaban J connectivity index is 1.93. The third-order valence-electron chi connectivity index (χ3n) is 2.29. The van der Waals surface area contributed by atoms with Crippen LogP contribution in [0.25, 0.3) is 0 Å². The second-order valence-electron chi connectivity index (χ2n) is 3.70. The predicted molar refractivity (Wildman–Crippen MR) is 58.1 cm³/mol. The van der Waals surface area contributed by atoms with Crippen molar-refractivity contribution in [2.75, 3.05) is 33.5 Å². The molecule has 0 aromatic rings. The number of halogens is 1. The number of nitrogens with one attached hydrogen (secondary N) is 1. The first-order valence-corrected chi connectivity index (χ1v) is 5.65. The summed E-state index contributed by atoms with van der Waals surface area (Å²) < 4.78 is 9.85. The van der Waals surface area contributed by atoms with Gasteiger partial charge in [-0.2, -0.15) is 0 Å². The van der Waals surface area contributed by atoms with Crippen LogP contribution in [0.2, 0.25) is 0 Å². The van der Waals surface area contributed by atoms with Crippen LogP contribution in [0.15, 0.2) is 0 Å². The smallest absolute Gasteiger partial charge is 0.246 e. The molecule has 5 heteroatoms. The number of methoxy groups -OCH3 is 1. The van der Waals surface area contributed by atoms with E-state index in [1.165, 1.54) is 12.8 Å². The SMILES string of the molecule is COCCOCC(=O)NCC(Cl)C1CC1. The van der Waals surface area contributed by atoms with Crippen molar-refractivity contribution in [3.8, 4) is 0 Å². The Kier molecular flexibility index (Phi) is 5.98. The first-order chi connectivity index (χ1) is 7.24. The molecule has 4 nitrogen and oxygen atoms in total. The fourth-order valence-electron chi connectivity index (χ4n) is 1.19. The normalized spacial score (nSPS) is 17.5. The van der Waals surface area contributed by atoms with E-state index in [1.54, 1.807) is 7.11 Å². The van der Waals surface area contributed by atoms with E-state index in [2.05, 4.69) is 5.32 Å². The van der Waals surface area contributed by atoms with E-state index >= 15 is 0 Å². The van der Waals surface area contributed by atoms with Crippen molar-refractivity contribution < 1.29 is 14.3 Å². The van der Waals surface area contributed by atoms with Crippen molar-refractivity contribution in [3.05, 3.63) is 0 Å². The van der Waals surface area contributed by atoms with E-state index in [1.807, 2.05) is 0 Å². The van der Waals surface area contributed by atoms with E-state index < -0.39 is 0 Å². The predicted octanol–water partition coefficient (Wildman–Crippen LogP) is 0.783. The molecular formula is C10H18ClNO3. The third kappa shape index (κ3) is 5.97. The minimum atomic E-state index is -0.114. The molecular weight excluding hydrogens is 218 g/mol. The average molecular weight is 236 g/mol. The van der Waals surface area contributed by atoms with Crippen LogP contribution in [0.1, 0.15) is 12.8 Å². The molecule has 1 rings (SSSR count). The van der Waals surface area contributed by atoms with Crippen LogP contribution in [0, 0.1) is 5.92 Å². The van der Waals surface area contributed by atoms with Crippen molar-refractivity contribution in [2.45, 2.75) is 18.2 Å². The van der Waals surface area contributed by atoms with Crippen LogP contribution in [0.3, 0.4) is 0 Å². The topological polar surface area (TPSA) is 47.6 Å². The van der Waals surface area contributed by atoms with Crippen LogP contribution in [0.5, 0.6) is 0 Å². The number of carbonyl (C=O) groups excluding carboxylic acids is 1. The minimum absolute atomic E-state index is 0.0768. The summed E-state index contributed by atoms with van der Waals surface area (Å²) in [6.07, 6.45) is 2.38. The van der Waals surface area contributed by atoms with E-state index in [-0.39, 0.29) is 17.9 Å². The highest BCUT2D eigenvalue weighted by Crippen LogP contribution is 2.35. The summed E-state index contributed by atoms with van der Waals surface area (Å²) in [5, 5.41) is 2.82. The highest BCUT2D eigenvalue weighted by molar-refractivity contribution is 6.21. The Morgan fingerprint density at radius 2 is 2.27 bits per heavy atom. The molecule has 1 aliphatic rings. The van der Waals surface area contributed by atoms with Gasteiger partial charge in [0.15, 0.2) is 0 Å². The van der Waals surface area contributed by atoms with Gasteiger partial charge in [-0.15, -0.1) is 11.6 Å². The van der Waals surface area contributed by atoms with Gasteiger partial charge in [0.1, 0.15) is 6.61 Å². The lowest BCUT2D eigenvalue weighted by atomic mass is 10.3. The zero-order valence-corrected chi connectivity index (χ0v) is 9.76. The monoisotopic (exact) mass is 235 g/mol. The Morgan fingerprint density at radius 1 is 1.53 bits per heavy atom. The molecule has 0 bridgehead atoms. The molecule has 0 heterocycles. The lowest BCUT2D eigenvalue weighted by Gasteiger charge is -2.09. The molecule has 0 aromatic carbocycles. The fourth-order valence-corrected chi connectivity index (χ4v) is 1.52. The molecule has 0 aromatic heterocycles. The highest BCUT2D eigenvalue weighted by atomic mass is 35.5. The number of hydrogen-bond donors (Lipinski definition) is 1. The molecule has 0 aliphatic heterocycles. The maximum Gasteiger partial charge on any atom is 0.246 e. The van der Waals surface area contributed by atoms with Gasteiger partial charge in [0.2, 0.25) is 5.91 Å². The number of ether oxygens (including phenoxy) is 2. The highest BCUT2D eigenvalue weighted by Gasteiger charge is 2.29. The standard InChI is InChI=1S/C10H18ClNO3/c1-14-4-5-15-7-10(13)12-6-9(11)8-2-3-8/h8-9H,2-7H2,1H3,(H,12,13). The fraction of sp³-hybridized carbons (Fsp3) is 0.900. The molecule has 0 saturated heterocycles. The molecule has 88 valence electrons. The van der Waals surface area contributed by atoms with Gasteiger partial charge in [-0.05, 0) is 18.8 Å². The van der Waals surface area contributed by atoms with Gasteiger partial charge in [-0.3, -0.25) is 4.79 Å². The van der Waals surface area contributed by atoms with Crippen LogP contribution >= 0.6 is 11.6 Å². The van der Waals surface area contributed by atoms with Crippen LogP contribution < -0.4 is 5.32 Å². The van der Waals surface area contributed by atoms with Crippen molar-refractivity contribution in [2.24, 2.45) is 5.92 Å². The van der Waals surface area contributed by atoms with Gasteiger partial charge in [-0.25, -0.2) is 0 Å². The summed E-state index contributed by atoms with van der Waals surface area (Å²) in [5.41, 5.74) is 0. The molecule has 1 N–H and O–H groups in total. The molecule has 0 spiro atoms. The van der Waals surface area contributed by atoms with Gasteiger partial charge >= 0.3 is 0 Å². The maximum atomic E-state index is 11.2. The number of hydrogen-bond acceptors (Lipinski definition) is 3. The van der Waals surface area contributed by atoms with Gasteiger partial charge in [0.25, 0.3) is 0 Å². The zero-order valence-electron chi connectivity index (χ0n) is 9.00. The van der Waals surface area contributed by atoms with Crippen molar-refractivity contribution in [1.82, 2.24) is 5.32 Å². The quantitative estimate of drug-likeness (QED) is 0.500. The number of amides is 1. The number of carbonyl (C=O) groups is 1. The summed E-state index contributed by atoms with van der Waals surface area (Å²) >= 11 is 6.03. The molecule has 1 amide bonds. The zero-order chi connectivity index (χ0) is 11.1. The Bertz CT molecular complexity index is 197. The van der Waals surface area contributed by atoms with E-state index in [0.29, 0.717) is 25.7 Å². The molecule has 1 aliphatic carbocycles. The summed E-state index contributed by atoms with van der Waals surface area (Å²) in [6, 6.07) is 0. The molecule has 1 unspecified atom stereocenters. The summed E-state index contributed by atoms with van der Waals surface area (Å²) in [7, 11) is 1.59. The Hall–Kier alpha value is -0.320. The lowest BCUT2D eigenvalue weighted by Crippen LogP contribution is -2.33. The molecule has 15 heavy (non-hydrogen) atoms. The molecule has 1 saturated carbocycles. The number of alkyl halides is 1. The van der Waals surface area contributed by atoms with E-state index in [9.17, 15) is 4.79 Å². The Labute approximate surface area is 95.3 Å². The second-order valence-corrected chi connectivity index (χ2v) is 4.26. The maximum absolute atomic E-state index is 11.2. The van der Waals surface area contributed by atoms with Crippen molar-refractivity contribution in [3.63, 3.8) is 0 Å².